The number of allylic oxidation sites excluding steroid dienone is 3. The number of aliphatic hydroxyl groups is 2. The van der Waals surface area contributed by atoms with Crippen LogP contribution in [0.3, 0.4) is 0 Å². The third-order valence-corrected chi connectivity index (χ3v) is 5.48. The summed E-state index contributed by atoms with van der Waals surface area (Å²) in [6.45, 7) is 10.5. The highest BCUT2D eigenvalue weighted by molar-refractivity contribution is 5.10. The van der Waals surface area contributed by atoms with E-state index in [2.05, 4.69) is 39.8 Å². The summed E-state index contributed by atoms with van der Waals surface area (Å²) < 4.78 is 5.77. The van der Waals surface area contributed by atoms with E-state index in [1.165, 1.54) is 5.57 Å². The lowest BCUT2D eigenvalue weighted by molar-refractivity contribution is 0.0275. The van der Waals surface area contributed by atoms with E-state index in [0.29, 0.717) is 18.3 Å². The number of hydrogen-bond acceptors (Lipinski definition) is 3. The summed E-state index contributed by atoms with van der Waals surface area (Å²) in [6.07, 6.45) is 10.0. The van der Waals surface area contributed by atoms with Crippen molar-refractivity contribution in [2.75, 3.05) is 0 Å². The zero-order chi connectivity index (χ0) is 17.3. The molecular formula is C20H34O3. The minimum absolute atomic E-state index is 0.153. The summed E-state index contributed by atoms with van der Waals surface area (Å²) in [5, 5.41) is 21.0. The summed E-state index contributed by atoms with van der Waals surface area (Å²) in [5.41, 5.74) is 0.198. The molecule has 1 aliphatic heterocycles. The molecule has 0 amide bonds. The van der Waals surface area contributed by atoms with Gasteiger partial charge >= 0.3 is 0 Å². The molecule has 0 aromatic heterocycles. The molecule has 5 atom stereocenters. The fraction of sp³-hybridized carbons (Fsp3) is 0.800. The van der Waals surface area contributed by atoms with Crippen LogP contribution in [0.25, 0.3) is 0 Å². The third kappa shape index (κ3) is 5.17. The average Bonchev–Trinajstić information content (AvgIpc) is 3.09. The van der Waals surface area contributed by atoms with Gasteiger partial charge < -0.3 is 14.9 Å². The van der Waals surface area contributed by atoms with Crippen LogP contribution in [0.2, 0.25) is 0 Å². The highest BCUT2D eigenvalue weighted by atomic mass is 16.6. The van der Waals surface area contributed by atoms with Gasteiger partial charge in [-0.1, -0.05) is 37.6 Å². The molecule has 2 rings (SSSR count). The summed E-state index contributed by atoms with van der Waals surface area (Å²) in [7, 11) is 0. The molecule has 0 unspecified atom stereocenters. The van der Waals surface area contributed by atoms with Crippen LogP contribution < -0.4 is 0 Å². The van der Waals surface area contributed by atoms with Crippen LogP contribution in [0.15, 0.2) is 23.8 Å². The van der Waals surface area contributed by atoms with Gasteiger partial charge in [-0.05, 0) is 58.3 Å². The van der Waals surface area contributed by atoms with Gasteiger partial charge in [0.15, 0.2) is 0 Å². The Morgan fingerprint density at radius 1 is 1.30 bits per heavy atom. The summed E-state index contributed by atoms with van der Waals surface area (Å²) >= 11 is 0. The maximum absolute atomic E-state index is 10.6. The average molecular weight is 322 g/mol. The highest BCUT2D eigenvalue weighted by Crippen LogP contribution is 2.44. The van der Waals surface area contributed by atoms with E-state index >= 15 is 0 Å². The second-order valence-corrected chi connectivity index (χ2v) is 8.37. The largest absolute Gasteiger partial charge is 0.390 e. The molecule has 0 bridgehead atoms. The quantitative estimate of drug-likeness (QED) is 0.567. The van der Waals surface area contributed by atoms with Crippen molar-refractivity contribution in [3.63, 3.8) is 0 Å². The topological polar surface area (TPSA) is 53.0 Å². The van der Waals surface area contributed by atoms with E-state index < -0.39 is 11.7 Å². The molecular weight excluding hydrogens is 288 g/mol. The lowest BCUT2D eigenvalue weighted by atomic mass is 9.85. The van der Waals surface area contributed by atoms with Crippen LogP contribution >= 0.6 is 0 Å². The Bertz CT molecular complexity index is 464. The normalized spacial score (nSPS) is 46.4. The van der Waals surface area contributed by atoms with Crippen molar-refractivity contribution >= 4 is 0 Å². The van der Waals surface area contributed by atoms with E-state index in [0.717, 1.165) is 25.7 Å². The molecule has 0 radical (unpaired) electrons. The van der Waals surface area contributed by atoms with Gasteiger partial charge in [-0.15, -0.1) is 0 Å². The first-order valence-corrected chi connectivity index (χ1v) is 9.06. The predicted octanol–water partition coefficient (Wildman–Crippen LogP) is 3.99. The number of rotatable bonds is 1. The van der Waals surface area contributed by atoms with Crippen LogP contribution in [0.1, 0.15) is 66.7 Å². The molecule has 0 aromatic rings. The Morgan fingerprint density at radius 3 is 2.65 bits per heavy atom. The standard InChI is InChI=1S/C20H34O3/c1-14(2)16-9-8-15(3)7-6-11-20(5)18(23-20)17(21)13-19(4,22)12-10-16/h7,10,12,14,16-18,21-22H,6,8-9,11,13H2,1-5H3/b12-10+,15-7+/t16-,17-,18+,19+,20+/m1/s1. The van der Waals surface area contributed by atoms with Crippen molar-refractivity contribution in [2.24, 2.45) is 11.8 Å². The highest BCUT2D eigenvalue weighted by Gasteiger charge is 2.55. The maximum Gasteiger partial charge on any atom is 0.113 e. The van der Waals surface area contributed by atoms with Crippen LogP contribution in [-0.4, -0.2) is 33.6 Å². The predicted molar refractivity (Wildman–Crippen MR) is 94.2 cm³/mol. The Balaban J connectivity index is 2.16. The van der Waals surface area contributed by atoms with E-state index in [9.17, 15) is 10.2 Å². The molecule has 1 heterocycles. The van der Waals surface area contributed by atoms with Crippen LogP contribution in [0.5, 0.6) is 0 Å². The zero-order valence-corrected chi connectivity index (χ0v) is 15.4. The third-order valence-electron chi connectivity index (χ3n) is 5.48. The number of ether oxygens (including phenoxy) is 1. The Kier molecular flexibility index (Phi) is 5.76. The van der Waals surface area contributed by atoms with Gasteiger partial charge in [0.25, 0.3) is 0 Å². The van der Waals surface area contributed by atoms with Gasteiger partial charge in [-0.2, -0.15) is 0 Å². The Hall–Kier alpha value is -0.640. The van der Waals surface area contributed by atoms with Crippen molar-refractivity contribution < 1.29 is 14.9 Å². The summed E-state index contributed by atoms with van der Waals surface area (Å²) in [5.74, 6) is 0.995. The van der Waals surface area contributed by atoms with Crippen molar-refractivity contribution in [2.45, 2.75) is 90.1 Å². The Morgan fingerprint density at radius 2 is 2.00 bits per heavy atom. The number of hydrogen-bond donors (Lipinski definition) is 2. The SMILES string of the molecule is C/C1=C\CC[C@]2(C)O[C@H]2[C@H](O)C[C@@](C)(O)/C=C/[C@H](C(C)C)CC1. The van der Waals surface area contributed by atoms with E-state index in [-0.39, 0.29) is 11.7 Å². The van der Waals surface area contributed by atoms with Gasteiger partial charge in [-0.3, -0.25) is 0 Å². The van der Waals surface area contributed by atoms with Crippen molar-refractivity contribution in [1.82, 2.24) is 0 Å². The first-order valence-electron chi connectivity index (χ1n) is 9.06. The van der Waals surface area contributed by atoms with Crippen LogP contribution in [-0.2, 0) is 4.74 Å². The fourth-order valence-electron chi connectivity index (χ4n) is 3.63. The molecule has 1 fully saturated rings. The van der Waals surface area contributed by atoms with Crippen molar-refractivity contribution in [1.29, 1.82) is 0 Å². The molecule has 1 aliphatic carbocycles. The van der Waals surface area contributed by atoms with E-state index in [4.69, 9.17) is 4.74 Å². The minimum Gasteiger partial charge on any atom is -0.390 e. The first kappa shape index (κ1) is 18.7. The monoisotopic (exact) mass is 322 g/mol. The van der Waals surface area contributed by atoms with Crippen LogP contribution in [0.4, 0.5) is 0 Å². The van der Waals surface area contributed by atoms with E-state index in [1.807, 2.05) is 6.08 Å². The lowest BCUT2D eigenvalue weighted by Crippen LogP contribution is -2.33. The van der Waals surface area contributed by atoms with Crippen molar-refractivity contribution in [3.8, 4) is 0 Å². The molecule has 0 aromatic carbocycles. The number of aliphatic hydroxyl groups excluding tert-OH is 1. The molecule has 2 aliphatic rings. The zero-order valence-electron chi connectivity index (χ0n) is 15.4. The smallest absolute Gasteiger partial charge is 0.113 e. The molecule has 0 spiro atoms. The fourth-order valence-corrected chi connectivity index (χ4v) is 3.63. The van der Waals surface area contributed by atoms with Gasteiger partial charge in [-0.25, -0.2) is 0 Å². The number of epoxide rings is 1. The van der Waals surface area contributed by atoms with Gasteiger partial charge in [0.1, 0.15) is 6.10 Å². The second kappa shape index (κ2) is 7.08. The van der Waals surface area contributed by atoms with Gasteiger partial charge in [0.2, 0.25) is 0 Å². The minimum atomic E-state index is -0.992. The first-order chi connectivity index (χ1) is 10.6. The molecule has 3 nitrogen and oxygen atoms in total. The van der Waals surface area contributed by atoms with E-state index in [1.54, 1.807) is 6.92 Å². The van der Waals surface area contributed by atoms with Gasteiger partial charge in [0, 0.05) is 6.42 Å². The van der Waals surface area contributed by atoms with Gasteiger partial charge in [0.05, 0.1) is 17.3 Å². The molecule has 2 N–H and O–H groups in total. The summed E-state index contributed by atoms with van der Waals surface area (Å²) in [4.78, 5) is 0. The summed E-state index contributed by atoms with van der Waals surface area (Å²) in [6, 6.07) is 0. The molecule has 0 saturated carbocycles. The molecule has 132 valence electrons. The number of fused-ring (bicyclic) bond motifs is 1. The maximum atomic E-state index is 10.6. The lowest BCUT2D eigenvalue weighted by Gasteiger charge is -2.25. The Labute approximate surface area is 141 Å². The molecule has 1 saturated heterocycles. The molecule has 3 heteroatoms. The van der Waals surface area contributed by atoms with Crippen LogP contribution in [0, 0.1) is 11.8 Å². The van der Waals surface area contributed by atoms with Crippen molar-refractivity contribution in [3.05, 3.63) is 23.8 Å². The second-order valence-electron chi connectivity index (χ2n) is 8.37. The molecule has 23 heavy (non-hydrogen) atoms.